The molecule has 0 aromatic rings. The summed E-state index contributed by atoms with van der Waals surface area (Å²) in [6.07, 6.45) is 11.8. The van der Waals surface area contributed by atoms with E-state index in [9.17, 15) is 4.55 Å². The van der Waals surface area contributed by atoms with Gasteiger partial charge in [0.05, 0.1) is 6.21 Å². The Morgan fingerprint density at radius 1 is 1.11 bits per heavy atom. The molecule has 4 fully saturated rings. The monoisotopic (exact) mass is 281 g/mol. The average molecular weight is 281 g/mol. The van der Waals surface area contributed by atoms with Crippen LogP contribution in [0.4, 0.5) is 0 Å². The van der Waals surface area contributed by atoms with Crippen LogP contribution in [0.3, 0.4) is 0 Å². The van der Waals surface area contributed by atoms with Crippen LogP contribution in [0.25, 0.3) is 0 Å². The first kappa shape index (κ1) is 13.9. The highest BCUT2D eigenvalue weighted by Crippen LogP contribution is 2.61. The smallest absolute Gasteiger partial charge is 0.144 e. The van der Waals surface area contributed by atoms with Gasteiger partial charge in [-0.05, 0) is 88.9 Å². The number of hydrogen-bond donors (Lipinski definition) is 0. The molecule has 0 radical (unpaired) electrons. The molecular weight excluding hydrogens is 254 g/mol. The van der Waals surface area contributed by atoms with Crippen molar-refractivity contribution in [3.8, 4) is 0 Å². The molecule has 0 spiro atoms. The van der Waals surface area contributed by atoms with Crippen molar-refractivity contribution in [2.75, 3.05) is 0 Å². The normalized spacial score (nSPS) is 43.1. The summed E-state index contributed by atoms with van der Waals surface area (Å²) in [4.78, 5) is 0. The summed E-state index contributed by atoms with van der Waals surface area (Å²) in [5.74, 6) is 2.98. The van der Waals surface area contributed by atoms with E-state index in [4.69, 9.17) is 0 Å². The highest BCUT2D eigenvalue weighted by Gasteiger charge is 2.50. The van der Waals surface area contributed by atoms with E-state index in [1.54, 1.807) is 0 Å². The van der Waals surface area contributed by atoms with Crippen LogP contribution >= 0.6 is 0 Å². The summed E-state index contributed by atoms with van der Waals surface area (Å²) < 4.78 is 16.1. The van der Waals surface area contributed by atoms with Crippen molar-refractivity contribution < 1.29 is 4.55 Å². The lowest BCUT2D eigenvalue weighted by Gasteiger charge is -2.56. The Bertz CT molecular complexity index is 336. The first-order valence-electron chi connectivity index (χ1n) is 7.81. The van der Waals surface area contributed by atoms with E-state index < -0.39 is 11.4 Å². The van der Waals surface area contributed by atoms with Crippen molar-refractivity contribution in [2.45, 2.75) is 70.5 Å². The second-order valence-electron chi connectivity index (χ2n) is 8.27. The van der Waals surface area contributed by atoms with Crippen LogP contribution in [0.15, 0.2) is 4.40 Å². The van der Waals surface area contributed by atoms with Gasteiger partial charge in [-0.2, -0.15) is 0 Å². The topological polar surface area (TPSA) is 35.4 Å². The predicted octanol–water partition coefficient (Wildman–Crippen LogP) is 4.13. The van der Waals surface area contributed by atoms with Crippen LogP contribution in [0.5, 0.6) is 0 Å². The maximum Gasteiger partial charge on any atom is 0.144 e. The van der Waals surface area contributed by atoms with Crippen molar-refractivity contribution >= 4 is 17.6 Å². The molecule has 4 rings (SSSR count). The molecule has 0 aromatic heterocycles. The van der Waals surface area contributed by atoms with Crippen molar-refractivity contribution in [3.05, 3.63) is 0 Å². The third kappa shape index (κ3) is 2.87. The van der Waals surface area contributed by atoms with Gasteiger partial charge in [0.2, 0.25) is 0 Å². The summed E-state index contributed by atoms with van der Waals surface area (Å²) in [7, 11) is 0. The van der Waals surface area contributed by atoms with E-state index >= 15 is 0 Å². The third-order valence-electron chi connectivity index (χ3n) is 5.38. The fourth-order valence-corrected chi connectivity index (χ4v) is 5.52. The van der Waals surface area contributed by atoms with Crippen molar-refractivity contribution in [1.29, 1.82) is 0 Å². The highest BCUT2D eigenvalue weighted by molar-refractivity contribution is 7.91. The summed E-state index contributed by atoms with van der Waals surface area (Å²) in [6.45, 7) is 5.97. The summed E-state index contributed by atoms with van der Waals surface area (Å²) >= 11 is -1.08. The lowest BCUT2D eigenvalue weighted by atomic mass is 9.49. The van der Waals surface area contributed by atoms with Crippen molar-refractivity contribution in [3.63, 3.8) is 0 Å². The summed E-state index contributed by atoms with van der Waals surface area (Å²) in [5.41, 5.74) is 0.528. The number of hydrogen-bond acceptors (Lipinski definition) is 2. The van der Waals surface area contributed by atoms with Crippen molar-refractivity contribution in [1.82, 2.24) is 0 Å². The fraction of sp³-hybridized carbons (Fsp3) is 0.938. The molecule has 1 atom stereocenters. The first-order valence-corrected chi connectivity index (χ1v) is 8.91. The van der Waals surface area contributed by atoms with Crippen LogP contribution in [0, 0.1) is 23.2 Å². The number of rotatable bonds is 3. The van der Waals surface area contributed by atoms with Gasteiger partial charge in [-0.15, -0.1) is 0 Å². The van der Waals surface area contributed by atoms with Crippen LogP contribution in [-0.2, 0) is 11.4 Å². The molecule has 0 N–H and O–H groups in total. The molecule has 0 saturated heterocycles. The Kier molecular flexibility index (Phi) is 3.50. The molecule has 3 heteroatoms. The first-order chi connectivity index (χ1) is 8.86. The molecular formula is C16H27NOS. The molecule has 4 saturated carbocycles. The number of nitrogens with zero attached hydrogens (tertiary/aromatic N) is 1. The van der Waals surface area contributed by atoms with Gasteiger partial charge in [-0.1, -0.05) is 4.40 Å². The van der Waals surface area contributed by atoms with Gasteiger partial charge in [-0.3, -0.25) is 0 Å². The molecule has 2 nitrogen and oxygen atoms in total. The van der Waals surface area contributed by atoms with Crippen LogP contribution in [-0.4, -0.2) is 15.5 Å². The molecule has 4 aliphatic rings. The van der Waals surface area contributed by atoms with Gasteiger partial charge in [0.25, 0.3) is 0 Å². The quantitative estimate of drug-likeness (QED) is 0.566. The lowest BCUT2D eigenvalue weighted by molar-refractivity contribution is -0.0475. The highest BCUT2D eigenvalue weighted by atomic mass is 32.2. The third-order valence-corrected chi connectivity index (χ3v) is 6.77. The molecule has 4 bridgehead atoms. The Hall–Kier alpha value is -0.0200. The minimum absolute atomic E-state index is 0.224. The van der Waals surface area contributed by atoms with Crippen LogP contribution in [0.2, 0.25) is 0 Å². The minimum atomic E-state index is -1.08. The summed E-state index contributed by atoms with van der Waals surface area (Å²) in [5, 5.41) is 0. The average Bonchev–Trinajstić information content (AvgIpc) is 2.25. The molecule has 19 heavy (non-hydrogen) atoms. The maximum atomic E-state index is 12.0. The lowest BCUT2D eigenvalue weighted by Crippen LogP contribution is -2.46. The molecule has 108 valence electrons. The van der Waals surface area contributed by atoms with Gasteiger partial charge in [-0.25, -0.2) is 0 Å². The Labute approximate surface area is 120 Å². The van der Waals surface area contributed by atoms with E-state index in [1.165, 1.54) is 38.5 Å². The van der Waals surface area contributed by atoms with Gasteiger partial charge in [0.15, 0.2) is 0 Å². The zero-order valence-corrected chi connectivity index (χ0v) is 13.3. The Morgan fingerprint density at radius 2 is 1.58 bits per heavy atom. The standard InChI is InChI=1S/C16H27NOS/c1-15(2,3)19(18)17-5-4-16-9-12-6-13(10-16)8-14(7-12)11-16/h5,12-14H,4,6-11H2,1-3H3. The largest absolute Gasteiger partial charge is 0.591 e. The van der Waals surface area contributed by atoms with E-state index in [1.807, 2.05) is 27.0 Å². The Balaban J connectivity index is 1.62. The van der Waals surface area contributed by atoms with Gasteiger partial charge >= 0.3 is 0 Å². The maximum absolute atomic E-state index is 12.0. The van der Waals surface area contributed by atoms with Crippen LogP contribution in [0.1, 0.15) is 65.7 Å². The minimum Gasteiger partial charge on any atom is -0.591 e. The van der Waals surface area contributed by atoms with Gasteiger partial charge < -0.3 is 4.55 Å². The van der Waals surface area contributed by atoms with Crippen LogP contribution < -0.4 is 0 Å². The predicted molar refractivity (Wildman–Crippen MR) is 81.6 cm³/mol. The zero-order chi connectivity index (χ0) is 13.7. The van der Waals surface area contributed by atoms with E-state index in [0.717, 1.165) is 24.2 Å². The fourth-order valence-electron chi connectivity index (χ4n) is 5.00. The molecule has 4 aliphatic carbocycles. The summed E-state index contributed by atoms with van der Waals surface area (Å²) in [6, 6.07) is 0. The van der Waals surface area contributed by atoms with E-state index in [2.05, 4.69) is 4.40 Å². The van der Waals surface area contributed by atoms with E-state index in [-0.39, 0.29) is 4.75 Å². The molecule has 1 unspecified atom stereocenters. The second kappa shape index (κ2) is 4.77. The molecule has 0 heterocycles. The zero-order valence-electron chi connectivity index (χ0n) is 12.5. The van der Waals surface area contributed by atoms with Crippen molar-refractivity contribution in [2.24, 2.45) is 27.6 Å². The van der Waals surface area contributed by atoms with E-state index in [0.29, 0.717) is 5.41 Å². The van der Waals surface area contributed by atoms with Gasteiger partial charge in [0, 0.05) is 0 Å². The molecule has 0 aliphatic heterocycles. The second-order valence-corrected chi connectivity index (χ2v) is 10.2. The Morgan fingerprint density at radius 3 is 2.00 bits per heavy atom. The molecule has 0 amide bonds. The molecule has 0 aromatic carbocycles. The van der Waals surface area contributed by atoms with Gasteiger partial charge in [0.1, 0.15) is 16.1 Å². The SMILES string of the molecule is CC(C)(C)[S+]([O-])N=CCC12CC3CC(CC(C3)C1)C2.